The van der Waals surface area contributed by atoms with Gasteiger partial charge in [-0.15, -0.1) is 12.4 Å². The van der Waals surface area contributed by atoms with E-state index in [9.17, 15) is 4.79 Å². The Bertz CT molecular complexity index is 360. The molecule has 0 bridgehead atoms. The van der Waals surface area contributed by atoms with Crippen LogP contribution in [0.4, 0.5) is 0 Å². The van der Waals surface area contributed by atoms with Gasteiger partial charge in [-0.2, -0.15) is 0 Å². The Labute approximate surface area is 120 Å². The van der Waals surface area contributed by atoms with Gasteiger partial charge in [0.1, 0.15) is 0 Å². The zero-order valence-corrected chi connectivity index (χ0v) is 12.0. The molecule has 1 aromatic rings. The van der Waals surface area contributed by atoms with E-state index in [0.717, 1.165) is 12.0 Å². The standard InChI is InChI=1S/C14H22N2O2.ClH/c1-11(6-5-9-17)16-14(18)13(15)10-12-7-3-2-4-8-12;/h2-4,7-8,11,13,17H,5-6,9-10,15H2,1H3,(H,16,18);1H/t11?,13-;/m0./s1. The van der Waals surface area contributed by atoms with Crippen molar-refractivity contribution in [3.63, 3.8) is 0 Å². The Morgan fingerprint density at radius 3 is 2.58 bits per heavy atom. The fourth-order valence-electron chi connectivity index (χ4n) is 1.78. The van der Waals surface area contributed by atoms with Gasteiger partial charge >= 0.3 is 0 Å². The van der Waals surface area contributed by atoms with Crippen molar-refractivity contribution in [1.82, 2.24) is 5.32 Å². The van der Waals surface area contributed by atoms with Gasteiger partial charge in [0, 0.05) is 12.6 Å². The molecule has 4 nitrogen and oxygen atoms in total. The van der Waals surface area contributed by atoms with Crippen molar-refractivity contribution in [2.24, 2.45) is 5.73 Å². The third-order valence-electron chi connectivity index (χ3n) is 2.82. The highest BCUT2D eigenvalue weighted by Crippen LogP contribution is 2.03. The summed E-state index contributed by atoms with van der Waals surface area (Å²) in [5, 5.41) is 11.6. The van der Waals surface area contributed by atoms with Crippen LogP contribution in [0.3, 0.4) is 0 Å². The molecule has 0 aliphatic rings. The van der Waals surface area contributed by atoms with Crippen LogP contribution < -0.4 is 11.1 Å². The average Bonchev–Trinajstić information content (AvgIpc) is 2.37. The summed E-state index contributed by atoms with van der Waals surface area (Å²) in [4.78, 5) is 11.8. The van der Waals surface area contributed by atoms with Crippen molar-refractivity contribution in [2.45, 2.75) is 38.3 Å². The second-order valence-electron chi connectivity index (χ2n) is 4.57. The first-order valence-corrected chi connectivity index (χ1v) is 6.34. The predicted molar refractivity (Wildman–Crippen MR) is 79.3 cm³/mol. The van der Waals surface area contributed by atoms with Crippen LogP contribution in [0.1, 0.15) is 25.3 Å². The van der Waals surface area contributed by atoms with Crippen LogP contribution in [0.2, 0.25) is 0 Å². The highest BCUT2D eigenvalue weighted by Gasteiger charge is 2.15. The Hall–Kier alpha value is -1.10. The summed E-state index contributed by atoms with van der Waals surface area (Å²) in [5.74, 6) is -0.135. The van der Waals surface area contributed by atoms with E-state index in [2.05, 4.69) is 5.32 Å². The van der Waals surface area contributed by atoms with Crippen LogP contribution in [-0.2, 0) is 11.2 Å². The van der Waals surface area contributed by atoms with E-state index in [4.69, 9.17) is 10.8 Å². The van der Waals surface area contributed by atoms with Crippen LogP contribution in [0.5, 0.6) is 0 Å². The summed E-state index contributed by atoms with van der Waals surface area (Å²) in [6, 6.07) is 9.25. The van der Waals surface area contributed by atoms with Gasteiger partial charge < -0.3 is 16.2 Å². The van der Waals surface area contributed by atoms with E-state index in [-0.39, 0.29) is 31.0 Å². The van der Waals surface area contributed by atoms with E-state index in [1.54, 1.807) is 0 Å². The molecule has 1 amide bonds. The number of aliphatic hydroxyl groups is 1. The summed E-state index contributed by atoms with van der Waals surface area (Å²) in [7, 11) is 0. The molecule has 5 heteroatoms. The maximum Gasteiger partial charge on any atom is 0.237 e. The fourth-order valence-corrected chi connectivity index (χ4v) is 1.78. The lowest BCUT2D eigenvalue weighted by Crippen LogP contribution is -2.45. The molecule has 0 saturated carbocycles. The third kappa shape index (κ3) is 7.15. The normalized spacial score (nSPS) is 13.2. The quantitative estimate of drug-likeness (QED) is 0.706. The lowest BCUT2D eigenvalue weighted by Gasteiger charge is -2.17. The van der Waals surface area contributed by atoms with Crippen LogP contribution in [-0.4, -0.2) is 29.7 Å². The molecule has 0 saturated heterocycles. The fraction of sp³-hybridized carbons (Fsp3) is 0.500. The number of hydrogen-bond acceptors (Lipinski definition) is 3. The number of carbonyl (C=O) groups excluding carboxylic acids is 1. The molecular formula is C14H23ClN2O2. The Kier molecular flexibility index (Phi) is 9.21. The minimum atomic E-state index is -0.524. The minimum absolute atomic E-state index is 0. The summed E-state index contributed by atoms with van der Waals surface area (Å²) in [6.07, 6.45) is 2.00. The smallest absolute Gasteiger partial charge is 0.237 e. The summed E-state index contributed by atoms with van der Waals surface area (Å²) >= 11 is 0. The first-order chi connectivity index (χ1) is 8.63. The van der Waals surface area contributed by atoms with Crippen LogP contribution >= 0.6 is 12.4 Å². The van der Waals surface area contributed by atoms with Crippen molar-refractivity contribution < 1.29 is 9.90 Å². The first-order valence-electron chi connectivity index (χ1n) is 6.34. The van der Waals surface area contributed by atoms with Gasteiger partial charge in [-0.1, -0.05) is 30.3 Å². The van der Waals surface area contributed by atoms with Gasteiger partial charge in [-0.05, 0) is 31.7 Å². The Morgan fingerprint density at radius 1 is 1.37 bits per heavy atom. The van der Waals surface area contributed by atoms with E-state index < -0.39 is 6.04 Å². The van der Waals surface area contributed by atoms with Crippen molar-refractivity contribution >= 4 is 18.3 Å². The summed E-state index contributed by atoms with van der Waals surface area (Å²) in [6.45, 7) is 2.07. The van der Waals surface area contributed by atoms with Crippen molar-refractivity contribution in [3.05, 3.63) is 35.9 Å². The predicted octanol–water partition coefficient (Wildman–Crippen LogP) is 1.26. The first kappa shape index (κ1) is 17.9. The Balaban J connectivity index is 0.00000324. The maximum atomic E-state index is 11.8. The average molecular weight is 287 g/mol. The summed E-state index contributed by atoms with van der Waals surface area (Å²) < 4.78 is 0. The van der Waals surface area contributed by atoms with Gasteiger partial charge in [-0.25, -0.2) is 0 Å². The number of nitrogens with two attached hydrogens (primary N) is 1. The van der Waals surface area contributed by atoms with Gasteiger partial charge in [0.2, 0.25) is 5.91 Å². The topological polar surface area (TPSA) is 75.3 Å². The maximum absolute atomic E-state index is 11.8. The van der Waals surface area contributed by atoms with Crippen LogP contribution in [0, 0.1) is 0 Å². The van der Waals surface area contributed by atoms with Crippen molar-refractivity contribution in [2.75, 3.05) is 6.61 Å². The van der Waals surface area contributed by atoms with E-state index in [0.29, 0.717) is 12.8 Å². The van der Waals surface area contributed by atoms with E-state index in [1.165, 1.54) is 0 Å². The molecule has 1 aromatic carbocycles. The molecule has 0 aromatic heterocycles. The molecule has 19 heavy (non-hydrogen) atoms. The lowest BCUT2D eigenvalue weighted by molar-refractivity contribution is -0.123. The van der Waals surface area contributed by atoms with Gasteiger partial charge in [-0.3, -0.25) is 4.79 Å². The molecule has 1 rings (SSSR count). The van der Waals surface area contributed by atoms with Crippen molar-refractivity contribution in [1.29, 1.82) is 0 Å². The molecule has 0 fully saturated rings. The number of aliphatic hydroxyl groups excluding tert-OH is 1. The number of hydrogen-bond donors (Lipinski definition) is 3. The molecule has 0 heterocycles. The molecule has 2 atom stereocenters. The Morgan fingerprint density at radius 2 is 2.00 bits per heavy atom. The van der Waals surface area contributed by atoms with E-state index in [1.807, 2.05) is 37.3 Å². The lowest BCUT2D eigenvalue weighted by atomic mass is 10.1. The van der Waals surface area contributed by atoms with Gasteiger partial charge in [0.15, 0.2) is 0 Å². The minimum Gasteiger partial charge on any atom is -0.396 e. The number of nitrogens with one attached hydrogen (secondary N) is 1. The molecule has 108 valence electrons. The molecular weight excluding hydrogens is 264 g/mol. The van der Waals surface area contributed by atoms with Crippen molar-refractivity contribution in [3.8, 4) is 0 Å². The number of halogens is 1. The molecule has 0 aliphatic heterocycles. The molecule has 4 N–H and O–H groups in total. The second-order valence-corrected chi connectivity index (χ2v) is 4.57. The van der Waals surface area contributed by atoms with E-state index >= 15 is 0 Å². The summed E-state index contributed by atoms with van der Waals surface area (Å²) in [5.41, 5.74) is 6.92. The highest BCUT2D eigenvalue weighted by molar-refractivity contribution is 5.85. The highest BCUT2D eigenvalue weighted by atomic mass is 35.5. The zero-order valence-electron chi connectivity index (χ0n) is 11.2. The molecule has 1 unspecified atom stereocenters. The van der Waals surface area contributed by atoms with Gasteiger partial charge in [0.25, 0.3) is 0 Å². The van der Waals surface area contributed by atoms with Crippen LogP contribution in [0.25, 0.3) is 0 Å². The number of rotatable bonds is 7. The number of benzene rings is 1. The third-order valence-corrected chi connectivity index (χ3v) is 2.82. The second kappa shape index (κ2) is 9.78. The largest absolute Gasteiger partial charge is 0.396 e. The zero-order chi connectivity index (χ0) is 13.4. The van der Waals surface area contributed by atoms with Gasteiger partial charge in [0.05, 0.1) is 6.04 Å². The molecule has 0 radical (unpaired) electrons. The molecule has 0 spiro atoms. The SMILES string of the molecule is CC(CCCO)NC(=O)[C@@H](N)Cc1ccccc1.Cl. The number of amides is 1. The number of carbonyl (C=O) groups is 1. The molecule has 0 aliphatic carbocycles. The van der Waals surface area contributed by atoms with Crippen LogP contribution in [0.15, 0.2) is 30.3 Å². The monoisotopic (exact) mass is 286 g/mol.